The SMILES string of the molecule is CO[C@@H]1C[C@H](C[C@@H](C)[C@@H]2CC(=O)[C@H](C)/C=C(\C)[C@@H](O)[C@@H](OC)C(=O)[C@H](C)C[C@H](C)/C=C/C=C/C=C(\C)[C@@H](OC(C)C)C[C@@H]3CC[C@@H](C)[C@@](O)(O3)C(=O)C(=O)N3CCCC[C@H]3C(=O)O2)CC[C@H]1O. The number of nitrogens with zero attached hydrogens (tertiary/aromatic N) is 1. The minimum atomic E-state index is -2.44. The molecule has 14 nitrogen and oxygen atoms in total. The predicted octanol–water partition coefficient (Wildman–Crippen LogP) is 6.96. The fourth-order valence-corrected chi connectivity index (χ4v) is 10.3. The second-order valence-corrected chi connectivity index (χ2v) is 20.5. The van der Waals surface area contributed by atoms with Crippen molar-refractivity contribution in [1.82, 2.24) is 4.90 Å². The molecule has 3 fully saturated rings. The zero-order valence-electron chi connectivity index (χ0n) is 42.2. The number of Topliss-reactive ketones (excluding diaryl/α,β-unsaturated/α-hetero) is 3. The van der Waals surface area contributed by atoms with Crippen molar-refractivity contribution in [2.24, 2.45) is 35.5 Å². The molecular weight excluding hydrogens is 859 g/mol. The lowest BCUT2D eigenvalue weighted by molar-refractivity contribution is -0.266. The normalized spacial score (nSPS) is 39.7. The molecule has 0 spiro atoms. The zero-order chi connectivity index (χ0) is 49.7. The van der Waals surface area contributed by atoms with Gasteiger partial charge in [0, 0.05) is 51.4 Å². The summed E-state index contributed by atoms with van der Waals surface area (Å²) in [6, 6.07) is -1.14. The molecule has 3 N–H and O–H groups in total. The number of aliphatic hydroxyl groups excluding tert-OH is 2. The van der Waals surface area contributed by atoms with E-state index >= 15 is 0 Å². The molecule has 0 aromatic heterocycles. The highest BCUT2D eigenvalue weighted by Gasteiger charge is 2.53. The Bertz CT molecular complexity index is 1800. The third-order valence-electron chi connectivity index (χ3n) is 14.6. The van der Waals surface area contributed by atoms with E-state index in [1.54, 1.807) is 34.0 Å². The van der Waals surface area contributed by atoms with Gasteiger partial charge in [-0.3, -0.25) is 19.2 Å². The Kier molecular flexibility index (Phi) is 21.8. The maximum absolute atomic E-state index is 14.4. The van der Waals surface area contributed by atoms with Gasteiger partial charge >= 0.3 is 5.97 Å². The Balaban J connectivity index is 1.72. The zero-order valence-corrected chi connectivity index (χ0v) is 42.2. The van der Waals surface area contributed by atoms with E-state index in [1.165, 1.54) is 12.0 Å². The summed E-state index contributed by atoms with van der Waals surface area (Å²) >= 11 is 0. The van der Waals surface area contributed by atoms with E-state index < -0.39 is 83.9 Å². The molecule has 2 saturated heterocycles. The topological polar surface area (TPSA) is 195 Å². The van der Waals surface area contributed by atoms with Crippen LogP contribution in [0.25, 0.3) is 0 Å². The number of aliphatic hydroxyl groups is 3. The van der Waals surface area contributed by atoms with Crippen molar-refractivity contribution in [3.05, 3.63) is 47.6 Å². The summed E-state index contributed by atoms with van der Waals surface area (Å²) in [6.07, 6.45) is 11.1. The third-order valence-corrected chi connectivity index (χ3v) is 14.6. The Morgan fingerprint density at radius 1 is 0.851 bits per heavy atom. The molecule has 3 aliphatic heterocycles. The summed E-state index contributed by atoms with van der Waals surface area (Å²) in [5.74, 6) is -7.98. The summed E-state index contributed by atoms with van der Waals surface area (Å²) in [5.41, 5.74) is 1.28. The molecule has 0 radical (unpaired) electrons. The monoisotopic (exact) mass is 942 g/mol. The highest BCUT2D eigenvalue weighted by Crippen LogP contribution is 2.38. The van der Waals surface area contributed by atoms with Crippen LogP contribution in [0.1, 0.15) is 139 Å². The number of hydrogen-bond acceptors (Lipinski definition) is 13. The molecule has 378 valence electrons. The van der Waals surface area contributed by atoms with Crippen LogP contribution in [0.15, 0.2) is 47.6 Å². The van der Waals surface area contributed by atoms with Gasteiger partial charge in [0.1, 0.15) is 30.1 Å². The van der Waals surface area contributed by atoms with Crippen LogP contribution in [0.4, 0.5) is 0 Å². The Labute approximate surface area is 399 Å². The number of piperidine rings is 1. The van der Waals surface area contributed by atoms with Gasteiger partial charge in [-0.25, -0.2) is 4.79 Å². The molecule has 1 saturated carbocycles. The quantitative estimate of drug-likeness (QED) is 0.135. The maximum atomic E-state index is 14.4. The highest BCUT2D eigenvalue weighted by atomic mass is 16.6. The third kappa shape index (κ3) is 15.3. The lowest BCUT2D eigenvalue weighted by Crippen LogP contribution is -2.61. The first-order valence-corrected chi connectivity index (χ1v) is 24.9. The van der Waals surface area contributed by atoms with Gasteiger partial charge in [0.15, 0.2) is 5.78 Å². The van der Waals surface area contributed by atoms with Crippen LogP contribution >= 0.6 is 0 Å². The number of rotatable bonds is 7. The molecule has 4 rings (SSSR count). The molecule has 1 amide bonds. The van der Waals surface area contributed by atoms with E-state index in [4.69, 9.17) is 23.7 Å². The number of amides is 1. The van der Waals surface area contributed by atoms with E-state index in [2.05, 4.69) is 0 Å². The largest absolute Gasteiger partial charge is 0.460 e. The van der Waals surface area contributed by atoms with Crippen LogP contribution < -0.4 is 0 Å². The van der Waals surface area contributed by atoms with Gasteiger partial charge in [-0.15, -0.1) is 0 Å². The molecule has 2 bridgehead atoms. The second kappa shape index (κ2) is 26.0. The van der Waals surface area contributed by atoms with Crippen LogP contribution in [-0.2, 0) is 47.7 Å². The molecule has 1 aliphatic carbocycles. The van der Waals surface area contributed by atoms with E-state index in [-0.39, 0.29) is 60.9 Å². The first-order valence-electron chi connectivity index (χ1n) is 24.9. The van der Waals surface area contributed by atoms with E-state index in [0.717, 1.165) is 12.0 Å². The summed E-state index contributed by atoms with van der Waals surface area (Å²) in [6.45, 7) is 16.6. The smallest absolute Gasteiger partial charge is 0.329 e. The first-order chi connectivity index (χ1) is 31.6. The second-order valence-electron chi connectivity index (χ2n) is 20.5. The maximum Gasteiger partial charge on any atom is 0.329 e. The Morgan fingerprint density at radius 2 is 1.57 bits per heavy atom. The van der Waals surface area contributed by atoms with Gasteiger partial charge < -0.3 is 43.9 Å². The number of methoxy groups -OCH3 is 2. The lowest BCUT2D eigenvalue weighted by atomic mass is 9.78. The molecule has 67 heavy (non-hydrogen) atoms. The number of esters is 1. The van der Waals surface area contributed by atoms with Crippen molar-refractivity contribution >= 4 is 29.2 Å². The fraction of sp³-hybridized carbons (Fsp3) is 0.755. The van der Waals surface area contributed by atoms with Crippen LogP contribution in [0.3, 0.4) is 0 Å². The summed E-state index contributed by atoms with van der Waals surface area (Å²) in [5, 5.41) is 34.0. The summed E-state index contributed by atoms with van der Waals surface area (Å²) in [4.78, 5) is 72.1. The van der Waals surface area contributed by atoms with Gasteiger partial charge in [0.05, 0.1) is 30.5 Å². The number of ether oxygens (including phenoxy) is 5. The van der Waals surface area contributed by atoms with Crippen molar-refractivity contribution < 1.29 is 63.0 Å². The molecule has 15 atom stereocenters. The minimum absolute atomic E-state index is 0.0150. The van der Waals surface area contributed by atoms with Gasteiger partial charge in [-0.05, 0) is 121 Å². The van der Waals surface area contributed by atoms with Gasteiger partial charge in [0.2, 0.25) is 5.79 Å². The highest BCUT2D eigenvalue weighted by molar-refractivity contribution is 6.39. The van der Waals surface area contributed by atoms with Crippen molar-refractivity contribution in [3.8, 4) is 0 Å². The van der Waals surface area contributed by atoms with Crippen LogP contribution in [0.2, 0.25) is 0 Å². The molecule has 0 aromatic carbocycles. The molecule has 0 aromatic rings. The average Bonchev–Trinajstić information content (AvgIpc) is 3.29. The van der Waals surface area contributed by atoms with Crippen molar-refractivity contribution in [2.45, 2.75) is 200 Å². The summed E-state index contributed by atoms with van der Waals surface area (Å²) < 4.78 is 30.0. The number of hydrogen-bond donors (Lipinski definition) is 3. The number of cyclic esters (lactones) is 1. The number of carbonyl (C=O) groups is 5. The van der Waals surface area contributed by atoms with Gasteiger partial charge in [0.25, 0.3) is 11.7 Å². The van der Waals surface area contributed by atoms with E-state index in [9.17, 15) is 39.3 Å². The predicted molar refractivity (Wildman–Crippen MR) is 254 cm³/mol. The van der Waals surface area contributed by atoms with E-state index in [0.29, 0.717) is 63.4 Å². The van der Waals surface area contributed by atoms with Crippen LogP contribution in [0.5, 0.6) is 0 Å². The standard InChI is InChI=1S/C53H83NO13/c1-31(2)65-44-29-40-22-20-38(9)53(62,67-40)50(59)51(60)54-24-16-15-19-41(54)52(61)66-45(35(6)27-39-21-23-42(55)46(28-39)63-10)30-43(56)34(5)26-37(8)48(58)49(64-11)47(57)36(7)25-32(3)17-13-12-14-18-33(44)4/h12-14,17-18,26,31-32,34-36,38-42,44-46,48-49,55,58,62H,15-16,19-25,27-30H2,1-11H3/b14-12+,17-13+,33-18+,37-26+/t32-,34-,35-,36-,38-,39+,40+,41+,42-,44+,45+,46-,48-,49+,53-/m1/s1. The molecule has 0 unspecified atom stereocenters. The van der Waals surface area contributed by atoms with Crippen molar-refractivity contribution in [1.29, 1.82) is 0 Å². The molecule has 3 heterocycles. The van der Waals surface area contributed by atoms with Crippen molar-refractivity contribution in [2.75, 3.05) is 20.8 Å². The number of allylic oxidation sites excluding steroid dienone is 6. The molecule has 4 aliphatic rings. The Hall–Kier alpha value is -3.37. The Morgan fingerprint density at radius 3 is 2.24 bits per heavy atom. The molecular formula is C53H83NO13. The van der Waals surface area contributed by atoms with E-state index in [1.807, 2.05) is 71.9 Å². The number of carbonyl (C=O) groups excluding carboxylic acids is 5. The van der Waals surface area contributed by atoms with Gasteiger partial charge in [-0.1, -0.05) is 71.1 Å². The molecule has 14 heteroatoms. The number of ketones is 3. The van der Waals surface area contributed by atoms with Crippen molar-refractivity contribution in [3.63, 3.8) is 0 Å². The number of fused-ring (bicyclic) bond motifs is 3. The first kappa shape index (κ1) is 56.2. The summed E-state index contributed by atoms with van der Waals surface area (Å²) in [7, 11) is 2.95. The average molecular weight is 942 g/mol. The van der Waals surface area contributed by atoms with Gasteiger partial charge in [-0.2, -0.15) is 0 Å². The van der Waals surface area contributed by atoms with Crippen LogP contribution in [0, 0.1) is 35.5 Å². The minimum Gasteiger partial charge on any atom is -0.460 e. The lowest BCUT2D eigenvalue weighted by Gasteiger charge is -2.43. The fourth-order valence-electron chi connectivity index (χ4n) is 10.3. The van der Waals surface area contributed by atoms with Crippen LogP contribution in [-0.4, -0.2) is 131 Å².